The number of aryl methyl sites for hydroxylation is 1. The van der Waals surface area contributed by atoms with E-state index in [0.29, 0.717) is 23.2 Å². The minimum Gasteiger partial charge on any atom is -0.332 e. The van der Waals surface area contributed by atoms with Crippen molar-refractivity contribution in [2.24, 2.45) is 5.92 Å². The van der Waals surface area contributed by atoms with E-state index in [4.69, 9.17) is 0 Å². The van der Waals surface area contributed by atoms with Gasteiger partial charge in [-0.1, -0.05) is 63.1 Å². The predicted octanol–water partition coefficient (Wildman–Crippen LogP) is 4.25. The number of aromatic nitrogens is 2. The molecule has 2 aromatic rings. The lowest BCUT2D eigenvalue weighted by Gasteiger charge is -2.50. The maximum Gasteiger partial charge on any atom is 0.254 e. The molecule has 7 heteroatoms. The van der Waals surface area contributed by atoms with Crippen LogP contribution >= 0.6 is 11.3 Å². The fourth-order valence-electron chi connectivity index (χ4n) is 4.92. The largest absolute Gasteiger partial charge is 0.332 e. The number of carbonyl (C=O) groups excluding carboxylic acids is 2. The van der Waals surface area contributed by atoms with Crippen molar-refractivity contribution < 1.29 is 9.59 Å². The Morgan fingerprint density at radius 3 is 2.66 bits per heavy atom. The molecule has 2 aliphatic rings. The number of carbonyl (C=O) groups is 2. The Kier molecular flexibility index (Phi) is 5.42. The lowest BCUT2D eigenvalue weighted by atomic mass is 9.70. The van der Waals surface area contributed by atoms with Gasteiger partial charge in [-0.3, -0.25) is 14.9 Å². The third-order valence-corrected chi connectivity index (χ3v) is 7.08. The Morgan fingerprint density at radius 1 is 1.28 bits per heavy atom. The van der Waals surface area contributed by atoms with Crippen LogP contribution < -0.4 is 5.32 Å². The smallest absolute Gasteiger partial charge is 0.254 e. The fourth-order valence-corrected chi connectivity index (χ4v) is 5.60. The lowest BCUT2D eigenvalue weighted by molar-refractivity contribution is -0.121. The standard InChI is InChI=1S/C22H28N4O2S/c1-4-17-24-25-21(29-17)23-19(27)18-15-9-5-6-10-16(15)20(28)26(13-14(2)3)22(18)11-7-8-12-22/h5-6,9-10,14,18H,4,7-8,11-13H2,1-3H3,(H,23,25,27). The molecule has 1 aromatic heterocycles. The van der Waals surface area contributed by atoms with Crippen molar-refractivity contribution in [1.82, 2.24) is 15.1 Å². The van der Waals surface area contributed by atoms with Gasteiger partial charge in [0.1, 0.15) is 5.01 Å². The van der Waals surface area contributed by atoms with Gasteiger partial charge in [0, 0.05) is 12.1 Å². The first kappa shape index (κ1) is 20.0. The summed E-state index contributed by atoms with van der Waals surface area (Å²) in [6.07, 6.45) is 4.57. The molecule has 1 aromatic carbocycles. The van der Waals surface area contributed by atoms with Crippen LogP contribution in [0, 0.1) is 5.92 Å². The van der Waals surface area contributed by atoms with Gasteiger partial charge in [-0.2, -0.15) is 0 Å². The van der Waals surface area contributed by atoms with Crippen LogP contribution in [0.3, 0.4) is 0 Å². The number of anilines is 1. The average molecular weight is 413 g/mol. The van der Waals surface area contributed by atoms with Gasteiger partial charge in [-0.25, -0.2) is 0 Å². The van der Waals surface area contributed by atoms with Crippen molar-refractivity contribution >= 4 is 28.3 Å². The Hall–Kier alpha value is -2.28. The zero-order chi connectivity index (χ0) is 20.6. The van der Waals surface area contributed by atoms with Gasteiger partial charge < -0.3 is 4.90 Å². The molecule has 1 spiro atoms. The van der Waals surface area contributed by atoms with Gasteiger partial charge >= 0.3 is 0 Å². The molecular weight excluding hydrogens is 384 g/mol. The van der Waals surface area contributed by atoms with Gasteiger partial charge in [-0.15, -0.1) is 10.2 Å². The van der Waals surface area contributed by atoms with E-state index in [1.54, 1.807) is 0 Å². The van der Waals surface area contributed by atoms with E-state index in [2.05, 4.69) is 29.4 Å². The van der Waals surface area contributed by atoms with Crippen molar-refractivity contribution in [1.29, 1.82) is 0 Å². The summed E-state index contributed by atoms with van der Waals surface area (Å²) in [6, 6.07) is 7.60. The maximum absolute atomic E-state index is 13.6. The molecule has 1 N–H and O–H groups in total. The van der Waals surface area contributed by atoms with Crippen LogP contribution in [0.4, 0.5) is 5.13 Å². The first-order valence-corrected chi connectivity index (χ1v) is 11.3. The van der Waals surface area contributed by atoms with Crippen LogP contribution in [0.15, 0.2) is 24.3 Å². The van der Waals surface area contributed by atoms with Crippen LogP contribution in [0.25, 0.3) is 0 Å². The number of nitrogens with zero attached hydrogens (tertiary/aromatic N) is 3. The first-order chi connectivity index (χ1) is 14.0. The second-order valence-corrected chi connectivity index (χ2v) is 9.55. The van der Waals surface area contributed by atoms with Gasteiger partial charge in [0.05, 0.1) is 11.5 Å². The summed E-state index contributed by atoms with van der Waals surface area (Å²) in [5.41, 5.74) is 1.03. The first-order valence-electron chi connectivity index (χ1n) is 10.5. The van der Waals surface area contributed by atoms with Crippen LogP contribution in [0.1, 0.15) is 73.3 Å². The quantitative estimate of drug-likeness (QED) is 0.797. The summed E-state index contributed by atoms with van der Waals surface area (Å²) in [6.45, 7) is 6.93. The molecule has 1 saturated carbocycles. The van der Waals surface area contributed by atoms with E-state index in [1.807, 2.05) is 36.1 Å². The molecule has 1 aliphatic carbocycles. The van der Waals surface area contributed by atoms with Crippen molar-refractivity contribution in [3.63, 3.8) is 0 Å². The van der Waals surface area contributed by atoms with Crippen LogP contribution in [-0.4, -0.2) is 39.0 Å². The van der Waals surface area contributed by atoms with Crippen LogP contribution in [0.2, 0.25) is 0 Å². The fraction of sp³-hybridized carbons (Fsp3) is 0.545. The molecule has 29 heavy (non-hydrogen) atoms. The highest BCUT2D eigenvalue weighted by molar-refractivity contribution is 7.15. The molecule has 6 nitrogen and oxygen atoms in total. The van der Waals surface area contributed by atoms with E-state index < -0.39 is 11.5 Å². The van der Waals surface area contributed by atoms with Crippen molar-refractivity contribution in [2.45, 2.75) is 64.3 Å². The van der Waals surface area contributed by atoms with Gasteiger partial charge in [0.15, 0.2) is 0 Å². The SMILES string of the molecule is CCc1nnc(NC(=O)C2c3ccccc3C(=O)N(CC(C)C)C23CCCC3)s1. The number of amides is 2. The molecule has 2 amide bonds. The Bertz CT molecular complexity index is 917. The molecule has 1 fully saturated rings. The Morgan fingerprint density at radius 2 is 2.00 bits per heavy atom. The minimum absolute atomic E-state index is 0.0597. The normalized spacial score (nSPS) is 20.3. The molecule has 2 heterocycles. The van der Waals surface area contributed by atoms with Gasteiger partial charge in [0.2, 0.25) is 11.0 Å². The molecule has 0 radical (unpaired) electrons. The third kappa shape index (κ3) is 3.45. The number of nitrogens with one attached hydrogen (secondary N) is 1. The monoisotopic (exact) mass is 412 g/mol. The highest BCUT2D eigenvalue weighted by Crippen LogP contribution is 2.50. The van der Waals surface area contributed by atoms with E-state index in [-0.39, 0.29) is 11.8 Å². The minimum atomic E-state index is -0.460. The molecule has 0 saturated heterocycles. The predicted molar refractivity (Wildman–Crippen MR) is 114 cm³/mol. The third-order valence-electron chi connectivity index (χ3n) is 6.10. The average Bonchev–Trinajstić information content (AvgIpc) is 3.35. The molecule has 4 rings (SSSR count). The summed E-state index contributed by atoms with van der Waals surface area (Å²) in [5.74, 6) is -0.0869. The summed E-state index contributed by atoms with van der Waals surface area (Å²) < 4.78 is 0. The van der Waals surface area contributed by atoms with Crippen molar-refractivity contribution in [3.05, 3.63) is 40.4 Å². The highest BCUT2D eigenvalue weighted by atomic mass is 32.1. The number of rotatable bonds is 5. The summed E-state index contributed by atoms with van der Waals surface area (Å²) in [7, 11) is 0. The Balaban J connectivity index is 1.78. The second kappa shape index (κ2) is 7.86. The molecule has 1 aliphatic heterocycles. The lowest BCUT2D eigenvalue weighted by Crippen LogP contribution is -2.60. The molecule has 1 atom stereocenters. The second-order valence-electron chi connectivity index (χ2n) is 8.48. The Labute approximate surface area is 175 Å². The van der Waals surface area contributed by atoms with Crippen molar-refractivity contribution in [3.8, 4) is 0 Å². The number of benzene rings is 1. The van der Waals surface area contributed by atoms with E-state index >= 15 is 0 Å². The van der Waals surface area contributed by atoms with E-state index in [0.717, 1.165) is 42.7 Å². The van der Waals surface area contributed by atoms with E-state index in [1.165, 1.54) is 11.3 Å². The zero-order valence-corrected chi connectivity index (χ0v) is 18.1. The maximum atomic E-state index is 13.6. The summed E-state index contributed by atoms with van der Waals surface area (Å²) in [5, 5.41) is 12.7. The van der Waals surface area contributed by atoms with E-state index in [9.17, 15) is 9.59 Å². The number of hydrogen-bond donors (Lipinski definition) is 1. The van der Waals surface area contributed by atoms with Crippen LogP contribution in [0.5, 0.6) is 0 Å². The number of fused-ring (bicyclic) bond motifs is 1. The molecule has 0 bridgehead atoms. The highest BCUT2D eigenvalue weighted by Gasteiger charge is 2.55. The summed E-state index contributed by atoms with van der Waals surface area (Å²) in [4.78, 5) is 29.1. The van der Waals surface area contributed by atoms with Crippen LogP contribution in [-0.2, 0) is 11.2 Å². The molecule has 154 valence electrons. The summed E-state index contributed by atoms with van der Waals surface area (Å²) >= 11 is 1.41. The number of hydrogen-bond acceptors (Lipinski definition) is 5. The molecular formula is C22H28N4O2S. The van der Waals surface area contributed by atoms with Gasteiger partial charge in [-0.05, 0) is 36.8 Å². The zero-order valence-electron chi connectivity index (χ0n) is 17.3. The van der Waals surface area contributed by atoms with Gasteiger partial charge in [0.25, 0.3) is 5.91 Å². The van der Waals surface area contributed by atoms with Crippen molar-refractivity contribution in [2.75, 3.05) is 11.9 Å². The molecule has 1 unspecified atom stereocenters. The topological polar surface area (TPSA) is 75.2 Å².